The van der Waals surface area contributed by atoms with Gasteiger partial charge in [-0.3, -0.25) is 9.59 Å². The second-order valence-electron chi connectivity index (χ2n) is 5.39. The number of benzene rings is 1. The van der Waals surface area contributed by atoms with Crippen LogP contribution in [0.2, 0.25) is 0 Å². The lowest BCUT2D eigenvalue weighted by Gasteiger charge is -2.35. The molecule has 108 valence electrons. The molecule has 0 saturated carbocycles. The molecule has 2 N–H and O–H groups in total. The average molecular weight is 275 g/mol. The molecule has 1 aromatic carbocycles. The SMILES string of the molecule is CC(C)C(=O)N1CCN(C(=O)c2ccc(N)cc2)CC1. The highest BCUT2D eigenvalue weighted by Crippen LogP contribution is 2.12. The standard InChI is InChI=1S/C15H21N3O2/c1-11(2)14(19)17-7-9-18(10-8-17)15(20)12-3-5-13(16)6-4-12/h3-6,11H,7-10,16H2,1-2H3. The zero-order chi connectivity index (χ0) is 14.7. The predicted octanol–water partition coefficient (Wildman–Crippen LogP) is 1.21. The lowest BCUT2D eigenvalue weighted by atomic mass is 10.1. The fraction of sp³-hybridized carbons (Fsp3) is 0.467. The first kappa shape index (κ1) is 14.4. The largest absolute Gasteiger partial charge is 0.399 e. The van der Waals surface area contributed by atoms with Gasteiger partial charge in [-0.1, -0.05) is 13.8 Å². The highest BCUT2D eigenvalue weighted by Gasteiger charge is 2.25. The van der Waals surface area contributed by atoms with Crippen LogP contribution in [0.15, 0.2) is 24.3 Å². The van der Waals surface area contributed by atoms with Crippen LogP contribution in [-0.4, -0.2) is 47.8 Å². The number of nitrogens with zero attached hydrogens (tertiary/aromatic N) is 2. The summed E-state index contributed by atoms with van der Waals surface area (Å²) >= 11 is 0. The van der Waals surface area contributed by atoms with Crippen LogP contribution >= 0.6 is 0 Å². The van der Waals surface area contributed by atoms with Crippen LogP contribution in [0.5, 0.6) is 0 Å². The van der Waals surface area contributed by atoms with Crippen molar-refractivity contribution >= 4 is 17.5 Å². The maximum absolute atomic E-state index is 12.3. The van der Waals surface area contributed by atoms with Gasteiger partial charge in [0.25, 0.3) is 5.91 Å². The number of hydrogen-bond acceptors (Lipinski definition) is 3. The van der Waals surface area contributed by atoms with Crippen LogP contribution in [0, 0.1) is 5.92 Å². The number of carbonyl (C=O) groups excluding carboxylic acids is 2. The number of carbonyl (C=O) groups is 2. The number of hydrogen-bond donors (Lipinski definition) is 1. The molecule has 0 bridgehead atoms. The van der Waals surface area contributed by atoms with E-state index in [0.717, 1.165) is 0 Å². The molecule has 5 nitrogen and oxygen atoms in total. The summed E-state index contributed by atoms with van der Waals surface area (Å²) in [5, 5.41) is 0. The quantitative estimate of drug-likeness (QED) is 0.825. The molecule has 5 heteroatoms. The summed E-state index contributed by atoms with van der Waals surface area (Å²) in [6.45, 7) is 6.18. The van der Waals surface area contributed by atoms with Gasteiger partial charge in [-0.25, -0.2) is 0 Å². The van der Waals surface area contributed by atoms with Crippen molar-refractivity contribution in [2.45, 2.75) is 13.8 Å². The summed E-state index contributed by atoms with van der Waals surface area (Å²) in [6.07, 6.45) is 0. The van der Waals surface area contributed by atoms with Crippen LogP contribution in [0.1, 0.15) is 24.2 Å². The summed E-state index contributed by atoms with van der Waals surface area (Å²) < 4.78 is 0. The fourth-order valence-corrected chi connectivity index (χ4v) is 2.30. The first-order chi connectivity index (χ1) is 9.49. The minimum Gasteiger partial charge on any atom is -0.399 e. The molecule has 1 heterocycles. The summed E-state index contributed by atoms with van der Waals surface area (Å²) in [5.74, 6) is 0.167. The predicted molar refractivity (Wildman–Crippen MR) is 78.2 cm³/mol. The van der Waals surface area contributed by atoms with Crippen molar-refractivity contribution < 1.29 is 9.59 Å². The van der Waals surface area contributed by atoms with Gasteiger partial charge in [0, 0.05) is 43.3 Å². The zero-order valence-corrected chi connectivity index (χ0v) is 12.0. The van der Waals surface area contributed by atoms with E-state index in [0.29, 0.717) is 37.4 Å². The first-order valence-electron chi connectivity index (χ1n) is 6.92. The van der Waals surface area contributed by atoms with Crippen LogP contribution in [0.4, 0.5) is 5.69 Å². The van der Waals surface area contributed by atoms with E-state index in [9.17, 15) is 9.59 Å². The van der Waals surface area contributed by atoms with Crippen molar-refractivity contribution in [3.8, 4) is 0 Å². The van der Waals surface area contributed by atoms with Crippen molar-refractivity contribution in [1.82, 2.24) is 9.80 Å². The highest BCUT2D eigenvalue weighted by atomic mass is 16.2. The molecular formula is C15H21N3O2. The van der Waals surface area contributed by atoms with Gasteiger partial charge < -0.3 is 15.5 Å². The second-order valence-corrected chi connectivity index (χ2v) is 5.39. The molecule has 0 aromatic heterocycles. The Labute approximate surface area is 119 Å². The molecule has 1 fully saturated rings. The van der Waals surface area contributed by atoms with E-state index in [1.807, 2.05) is 18.7 Å². The van der Waals surface area contributed by atoms with Crippen molar-refractivity contribution in [2.24, 2.45) is 5.92 Å². The zero-order valence-electron chi connectivity index (χ0n) is 12.0. The highest BCUT2D eigenvalue weighted by molar-refractivity contribution is 5.94. The summed E-state index contributed by atoms with van der Waals surface area (Å²) in [6, 6.07) is 6.93. The Kier molecular flexibility index (Phi) is 4.27. The first-order valence-corrected chi connectivity index (χ1v) is 6.92. The molecule has 1 aliphatic heterocycles. The topological polar surface area (TPSA) is 66.6 Å². The van der Waals surface area contributed by atoms with Gasteiger partial charge in [0.05, 0.1) is 0 Å². The van der Waals surface area contributed by atoms with Gasteiger partial charge in [-0.2, -0.15) is 0 Å². The van der Waals surface area contributed by atoms with Crippen molar-refractivity contribution in [2.75, 3.05) is 31.9 Å². The smallest absolute Gasteiger partial charge is 0.253 e. The minimum atomic E-state index is 0.00152. The van der Waals surface area contributed by atoms with E-state index < -0.39 is 0 Å². The number of nitrogens with two attached hydrogens (primary N) is 1. The van der Waals surface area contributed by atoms with Gasteiger partial charge in [0.2, 0.25) is 5.91 Å². The van der Waals surface area contributed by atoms with Crippen molar-refractivity contribution in [3.63, 3.8) is 0 Å². The van der Waals surface area contributed by atoms with E-state index in [2.05, 4.69) is 0 Å². The Morgan fingerprint density at radius 2 is 1.50 bits per heavy atom. The Bertz CT molecular complexity index is 488. The molecule has 0 spiro atoms. The fourth-order valence-electron chi connectivity index (χ4n) is 2.30. The Balaban J connectivity index is 1.95. The molecule has 1 saturated heterocycles. The van der Waals surface area contributed by atoms with Crippen molar-refractivity contribution in [3.05, 3.63) is 29.8 Å². The number of nitrogen functional groups attached to an aromatic ring is 1. The maximum atomic E-state index is 12.3. The van der Waals surface area contributed by atoms with E-state index in [1.165, 1.54) is 0 Å². The molecule has 1 aromatic rings. The third-order valence-corrected chi connectivity index (χ3v) is 3.53. The summed E-state index contributed by atoms with van der Waals surface area (Å²) in [5.41, 5.74) is 6.90. The molecule has 2 rings (SSSR count). The maximum Gasteiger partial charge on any atom is 0.253 e. The van der Waals surface area contributed by atoms with Crippen molar-refractivity contribution in [1.29, 1.82) is 0 Å². The number of piperazine rings is 1. The van der Waals surface area contributed by atoms with Crippen LogP contribution in [0.3, 0.4) is 0 Å². The van der Waals surface area contributed by atoms with E-state index in [4.69, 9.17) is 5.73 Å². The molecule has 0 radical (unpaired) electrons. The van der Waals surface area contributed by atoms with Crippen LogP contribution < -0.4 is 5.73 Å². The Hall–Kier alpha value is -2.04. The molecule has 20 heavy (non-hydrogen) atoms. The summed E-state index contributed by atoms with van der Waals surface area (Å²) in [7, 11) is 0. The number of rotatable bonds is 2. The minimum absolute atomic E-state index is 0.00152. The van der Waals surface area contributed by atoms with Crippen LogP contribution in [-0.2, 0) is 4.79 Å². The van der Waals surface area contributed by atoms with E-state index >= 15 is 0 Å². The number of amides is 2. The monoisotopic (exact) mass is 275 g/mol. The lowest BCUT2D eigenvalue weighted by molar-refractivity contribution is -0.135. The number of anilines is 1. The van der Waals surface area contributed by atoms with Gasteiger partial charge >= 0.3 is 0 Å². The molecule has 2 amide bonds. The van der Waals surface area contributed by atoms with Gasteiger partial charge in [-0.15, -0.1) is 0 Å². The molecule has 0 unspecified atom stereocenters. The molecule has 0 atom stereocenters. The van der Waals surface area contributed by atoms with E-state index in [-0.39, 0.29) is 17.7 Å². The second kappa shape index (κ2) is 5.94. The third-order valence-electron chi connectivity index (χ3n) is 3.53. The Morgan fingerprint density at radius 1 is 1.00 bits per heavy atom. The van der Waals surface area contributed by atoms with Crippen LogP contribution in [0.25, 0.3) is 0 Å². The van der Waals surface area contributed by atoms with Gasteiger partial charge in [0.15, 0.2) is 0 Å². The lowest BCUT2D eigenvalue weighted by Crippen LogP contribution is -2.51. The third kappa shape index (κ3) is 3.10. The summed E-state index contributed by atoms with van der Waals surface area (Å²) in [4.78, 5) is 27.8. The van der Waals surface area contributed by atoms with E-state index in [1.54, 1.807) is 29.2 Å². The van der Waals surface area contributed by atoms with Gasteiger partial charge in [-0.05, 0) is 24.3 Å². The molecule has 1 aliphatic rings. The normalized spacial score (nSPS) is 15.6. The van der Waals surface area contributed by atoms with Gasteiger partial charge in [0.1, 0.15) is 0 Å². The molecule has 0 aliphatic carbocycles. The average Bonchev–Trinajstić information content (AvgIpc) is 2.46. The Morgan fingerprint density at radius 3 is 2.00 bits per heavy atom. The molecular weight excluding hydrogens is 254 g/mol.